The summed E-state index contributed by atoms with van der Waals surface area (Å²) < 4.78 is 16.8. The molecule has 0 bridgehead atoms. The minimum absolute atomic E-state index is 0.107. The number of allylic oxidation sites excluding steroid dienone is 17. The van der Waals surface area contributed by atoms with Crippen molar-refractivity contribution in [2.24, 2.45) is 0 Å². The molecule has 0 radical (unpaired) electrons. The minimum atomic E-state index is -0.819. The summed E-state index contributed by atoms with van der Waals surface area (Å²) in [4.78, 5) is 38.3. The van der Waals surface area contributed by atoms with Gasteiger partial charge in [0.25, 0.3) is 0 Å². The quantitative estimate of drug-likeness (QED) is 0.0261. The van der Waals surface area contributed by atoms with Gasteiger partial charge in [-0.2, -0.15) is 0 Å². The van der Waals surface area contributed by atoms with Gasteiger partial charge < -0.3 is 14.2 Å². The van der Waals surface area contributed by atoms with Crippen LogP contribution in [-0.2, 0) is 28.6 Å². The van der Waals surface area contributed by atoms with Crippen molar-refractivity contribution in [2.45, 2.75) is 309 Å². The molecule has 0 aliphatic rings. The summed E-state index contributed by atoms with van der Waals surface area (Å²) >= 11 is 0. The molecule has 0 spiro atoms. The molecule has 0 aliphatic heterocycles. The van der Waals surface area contributed by atoms with Crippen LogP contribution < -0.4 is 0 Å². The first-order valence-corrected chi connectivity index (χ1v) is 32.4. The largest absolute Gasteiger partial charge is 0.462 e. The summed E-state index contributed by atoms with van der Waals surface area (Å²) in [6.07, 6.45) is 88.4. The van der Waals surface area contributed by atoms with Gasteiger partial charge in [0.2, 0.25) is 0 Å². The van der Waals surface area contributed by atoms with Crippen LogP contribution in [0.25, 0.3) is 0 Å². The van der Waals surface area contributed by atoms with Gasteiger partial charge in [-0.05, 0) is 83.5 Å². The Morgan fingerprint density at radius 1 is 0.286 bits per heavy atom. The molecule has 0 aromatic carbocycles. The highest BCUT2D eigenvalue weighted by Crippen LogP contribution is 2.17. The second-order valence-corrected chi connectivity index (χ2v) is 21.3. The molecule has 0 aromatic heterocycles. The second-order valence-electron chi connectivity index (χ2n) is 21.3. The number of carbonyl (C=O) groups excluding carboxylic acids is 3. The van der Waals surface area contributed by atoms with E-state index in [1.807, 2.05) is 6.08 Å². The van der Waals surface area contributed by atoms with E-state index in [2.05, 4.69) is 118 Å². The fraction of sp³-hybridized carbons (Fsp3) is 0.704. The Kier molecular flexibility index (Phi) is 61.3. The Morgan fingerprint density at radius 2 is 0.558 bits per heavy atom. The average Bonchev–Trinajstić information content (AvgIpc) is 3.43. The number of unbranched alkanes of at least 4 members (excludes halogenated alkanes) is 30. The summed E-state index contributed by atoms with van der Waals surface area (Å²) in [7, 11) is 0. The summed E-state index contributed by atoms with van der Waals surface area (Å²) in [6, 6.07) is 0. The fourth-order valence-electron chi connectivity index (χ4n) is 9.04. The zero-order chi connectivity index (χ0) is 55.7. The maximum absolute atomic E-state index is 12.9. The van der Waals surface area contributed by atoms with Crippen molar-refractivity contribution < 1.29 is 28.6 Å². The van der Waals surface area contributed by atoms with Crippen LogP contribution in [0.2, 0.25) is 0 Å². The lowest BCUT2D eigenvalue weighted by Crippen LogP contribution is -2.30. The molecular weight excluding hydrogens is 949 g/mol. The molecule has 0 saturated heterocycles. The Balaban J connectivity index is 4.39. The zero-order valence-corrected chi connectivity index (χ0v) is 50.4. The topological polar surface area (TPSA) is 78.9 Å². The number of esters is 3. The summed E-state index contributed by atoms with van der Waals surface area (Å²) in [5.41, 5.74) is 0. The highest BCUT2D eigenvalue weighted by atomic mass is 16.6. The lowest BCUT2D eigenvalue weighted by atomic mass is 10.0. The average molecular weight is 1070 g/mol. The van der Waals surface area contributed by atoms with Gasteiger partial charge in [-0.15, -0.1) is 0 Å². The molecular formula is C71H120O6. The molecule has 6 heteroatoms. The maximum Gasteiger partial charge on any atom is 0.309 e. The van der Waals surface area contributed by atoms with Crippen molar-refractivity contribution in [1.29, 1.82) is 0 Å². The normalized spacial score (nSPS) is 12.8. The van der Waals surface area contributed by atoms with Crippen LogP contribution >= 0.6 is 0 Å². The Bertz CT molecular complexity index is 1560. The number of hydrogen-bond donors (Lipinski definition) is 0. The molecule has 0 fully saturated rings. The van der Waals surface area contributed by atoms with Crippen molar-refractivity contribution in [1.82, 2.24) is 0 Å². The molecule has 6 nitrogen and oxygen atoms in total. The predicted molar refractivity (Wildman–Crippen MR) is 334 cm³/mol. The molecule has 0 saturated carbocycles. The predicted octanol–water partition coefficient (Wildman–Crippen LogP) is 22.2. The highest BCUT2D eigenvalue weighted by molar-refractivity contribution is 5.72. The summed E-state index contributed by atoms with van der Waals surface area (Å²) in [5.74, 6) is -1.03. The summed E-state index contributed by atoms with van der Waals surface area (Å²) in [6.45, 7) is 6.36. The van der Waals surface area contributed by atoms with Crippen LogP contribution in [0.4, 0.5) is 0 Å². The molecule has 0 amide bonds. The van der Waals surface area contributed by atoms with Gasteiger partial charge in [0.05, 0.1) is 6.42 Å². The van der Waals surface area contributed by atoms with Crippen molar-refractivity contribution in [3.05, 3.63) is 109 Å². The second kappa shape index (κ2) is 64.6. The summed E-state index contributed by atoms with van der Waals surface area (Å²) in [5, 5.41) is 0. The van der Waals surface area contributed by atoms with Gasteiger partial charge in [0, 0.05) is 12.8 Å². The molecule has 77 heavy (non-hydrogen) atoms. The van der Waals surface area contributed by atoms with E-state index < -0.39 is 12.1 Å². The standard InChI is InChI=1S/C71H120O6/c1-4-7-10-13-16-19-22-25-28-30-32-33-34-35-36-37-39-40-43-46-49-52-55-58-61-64-70(73)76-67-68(66-75-69(72)63-60-57-54-51-48-45-42-27-24-21-18-15-12-9-6-3)77-71(74)65-62-59-56-53-50-47-44-41-38-31-29-26-23-20-17-14-11-8-5-2/h7,9-10,12,16,18-19,21,25,27-28,32-33,42,48,51,57,60,68H,4-6,8,11,13-15,17,20,22-24,26,29-31,34-41,43-47,49-50,52-56,58-59,61-67H2,1-3H3/b10-7-,12-9-,19-16-,21-18-,28-25-,33-32-,42-27-,51-48-,60-57-. The fourth-order valence-corrected chi connectivity index (χ4v) is 9.04. The van der Waals surface area contributed by atoms with E-state index in [0.717, 1.165) is 96.3 Å². The van der Waals surface area contributed by atoms with E-state index >= 15 is 0 Å². The Hall–Kier alpha value is -3.93. The first-order chi connectivity index (χ1) is 38.0. The molecule has 0 heterocycles. The van der Waals surface area contributed by atoms with Crippen LogP contribution in [0.5, 0.6) is 0 Å². The van der Waals surface area contributed by atoms with Gasteiger partial charge in [-0.25, -0.2) is 0 Å². The molecule has 0 aliphatic carbocycles. The van der Waals surface area contributed by atoms with Gasteiger partial charge >= 0.3 is 17.9 Å². The molecule has 0 aromatic rings. The molecule has 1 atom stereocenters. The van der Waals surface area contributed by atoms with Crippen LogP contribution in [0.15, 0.2) is 109 Å². The van der Waals surface area contributed by atoms with Crippen LogP contribution in [0.3, 0.4) is 0 Å². The van der Waals surface area contributed by atoms with Crippen LogP contribution in [-0.4, -0.2) is 37.2 Å². The molecule has 0 rings (SSSR count). The monoisotopic (exact) mass is 1070 g/mol. The SMILES string of the molecule is CC/C=C\C/C=C\C/C=C\C/C=C\C/C=C\CC(=O)OCC(COC(=O)CCCCCCCCCCCCCC/C=C\C/C=C\C/C=C\C/C=C\CC)OC(=O)CCCCCCCCCCCCCCCCCCCCC. The van der Waals surface area contributed by atoms with E-state index in [1.165, 1.54) is 167 Å². The minimum Gasteiger partial charge on any atom is -0.462 e. The van der Waals surface area contributed by atoms with E-state index in [0.29, 0.717) is 12.8 Å². The zero-order valence-electron chi connectivity index (χ0n) is 50.4. The lowest BCUT2D eigenvalue weighted by molar-refractivity contribution is -0.166. The molecule has 0 N–H and O–H groups in total. The van der Waals surface area contributed by atoms with Gasteiger partial charge in [-0.3, -0.25) is 14.4 Å². The van der Waals surface area contributed by atoms with E-state index in [9.17, 15) is 14.4 Å². The van der Waals surface area contributed by atoms with Crippen molar-refractivity contribution in [2.75, 3.05) is 13.2 Å². The number of ether oxygens (including phenoxy) is 3. The van der Waals surface area contributed by atoms with Crippen LogP contribution in [0, 0.1) is 0 Å². The molecule has 1 unspecified atom stereocenters. The van der Waals surface area contributed by atoms with E-state index in [1.54, 1.807) is 6.08 Å². The smallest absolute Gasteiger partial charge is 0.309 e. The van der Waals surface area contributed by atoms with E-state index in [-0.39, 0.29) is 31.6 Å². The molecule has 440 valence electrons. The third-order valence-corrected chi connectivity index (χ3v) is 13.8. The number of carbonyl (C=O) groups is 3. The Morgan fingerprint density at radius 3 is 0.909 bits per heavy atom. The first kappa shape index (κ1) is 73.1. The van der Waals surface area contributed by atoms with Gasteiger partial charge in [0.15, 0.2) is 6.10 Å². The third kappa shape index (κ3) is 62.8. The third-order valence-electron chi connectivity index (χ3n) is 13.8. The highest BCUT2D eigenvalue weighted by Gasteiger charge is 2.19. The van der Waals surface area contributed by atoms with E-state index in [4.69, 9.17) is 14.2 Å². The first-order valence-electron chi connectivity index (χ1n) is 32.4. The van der Waals surface area contributed by atoms with Crippen molar-refractivity contribution in [3.63, 3.8) is 0 Å². The van der Waals surface area contributed by atoms with Crippen molar-refractivity contribution in [3.8, 4) is 0 Å². The lowest BCUT2D eigenvalue weighted by Gasteiger charge is -2.18. The van der Waals surface area contributed by atoms with Gasteiger partial charge in [0.1, 0.15) is 13.2 Å². The van der Waals surface area contributed by atoms with Crippen LogP contribution in [0.1, 0.15) is 303 Å². The maximum atomic E-state index is 12.9. The Labute approximate surface area is 476 Å². The van der Waals surface area contributed by atoms with Gasteiger partial charge in [-0.1, -0.05) is 310 Å². The number of rotatable bonds is 58. The van der Waals surface area contributed by atoms with Crippen molar-refractivity contribution >= 4 is 17.9 Å². The number of hydrogen-bond acceptors (Lipinski definition) is 6.